The summed E-state index contributed by atoms with van der Waals surface area (Å²) in [6.45, 7) is 7.66. The Hall–Kier alpha value is -3.36. The van der Waals surface area contributed by atoms with Crippen LogP contribution in [0.3, 0.4) is 0 Å². The van der Waals surface area contributed by atoms with Gasteiger partial charge in [0.05, 0.1) is 10.6 Å². The molecule has 9 heteroatoms. The molecule has 0 unspecified atom stereocenters. The number of halogens is 1. The van der Waals surface area contributed by atoms with Gasteiger partial charge in [0, 0.05) is 18.1 Å². The third-order valence-electron chi connectivity index (χ3n) is 6.42. The molecule has 0 fully saturated rings. The summed E-state index contributed by atoms with van der Waals surface area (Å²) in [6, 6.07) is 19.8. The number of carbonyl (C=O) groups excluding carboxylic acids is 2. The number of rotatable bonds is 12. The summed E-state index contributed by atoms with van der Waals surface area (Å²) in [6.07, 6.45) is 1.12. The average molecular weight is 570 g/mol. The first-order valence-electron chi connectivity index (χ1n) is 13.0. The molecule has 0 bridgehead atoms. The Labute approximate surface area is 236 Å². The van der Waals surface area contributed by atoms with E-state index < -0.39 is 28.5 Å². The van der Waals surface area contributed by atoms with Crippen LogP contribution in [0.4, 0.5) is 5.69 Å². The molecular formula is C30H36ClN3O4S. The van der Waals surface area contributed by atoms with Crippen molar-refractivity contribution in [3.8, 4) is 0 Å². The molecule has 0 aliphatic rings. The van der Waals surface area contributed by atoms with Gasteiger partial charge in [-0.15, -0.1) is 0 Å². The number of nitrogens with zero attached hydrogens (tertiary/aromatic N) is 2. The van der Waals surface area contributed by atoms with E-state index in [9.17, 15) is 18.0 Å². The van der Waals surface area contributed by atoms with Gasteiger partial charge in [0.2, 0.25) is 11.8 Å². The van der Waals surface area contributed by atoms with Gasteiger partial charge in [-0.1, -0.05) is 79.5 Å². The van der Waals surface area contributed by atoms with Crippen molar-refractivity contribution in [3.63, 3.8) is 0 Å². The SMILES string of the molecule is CCCNC(=O)[C@H](CC)N(Cc1cccc(C)c1)C(=O)CN(c1cc(Cl)ccc1C)S(=O)(=O)c1ccccc1. The molecule has 0 radical (unpaired) electrons. The Morgan fingerprint density at radius 1 is 0.949 bits per heavy atom. The number of amides is 2. The Morgan fingerprint density at radius 2 is 1.67 bits per heavy atom. The molecule has 39 heavy (non-hydrogen) atoms. The maximum absolute atomic E-state index is 14.1. The molecule has 1 N–H and O–H groups in total. The monoisotopic (exact) mass is 569 g/mol. The lowest BCUT2D eigenvalue weighted by Crippen LogP contribution is -2.52. The lowest BCUT2D eigenvalue weighted by molar-refractivity contribution is -0.140. The standard InChI is InChI=1S/C30H36ClN3O4S/c1-5-17-32-30(36)27(6-2)33(20-24-12-10-11-22(3)18-24)29(35)21-34(28-19-25(31)16-15-23(28)4)39(37,38)26-13-8-7-9-14-26/h7-16,18-19,27H,5-6,17,20-21H2,1-4H3,(H,32,36)/t27-/m0/s1. The summed E-state index contributed by atoms with van der Waals surface area (Å²) < 4.78 is 28.9. The predicted molar refractivity (Wildman–Crippen MR) is 156 cm³/mol. The molecule has 0 saturated heterocycles. The molecule has 7 nitrogen and oxygen atoms in total. The first-order valence-corrected chi connectivity index (χ1v) is 14.9. The van der Waals surface area contributed by atoms with Crippen molar-refractivity contribution >= 4 is 39.1 Å². The van der Waals surface area contributed by atoms with Crippen LogP contribution in [0.1, 0.15) is 43.4 Å². The molecule has 0 aliphatic carbocycles. The van der Waals surface area contributed by atoms with E-state index in [2.05, 4.69) is 5.32 Å². The fourth-order valence-electron chi connectivity index (χ4n) is 4.38. The van der Waals surface area contributed by atoms with Gasteiger partial charge in [-0.3, -0.25) is 13.9 Å². The second-order valence-electron chi connectivity index (χ2n) is 9.48. The van der Waals surface area contributed by atoms with E-state index in [4.69, 9.17) is 11.6 Å². The summed E-state index contributed by atoms with van der Waals surface area (Å²) >= 11 is 6.27. The summed E-state index contributed by atoms with van der Waals surface area (Å²) in [5.41, 5.74) is 2.82. The van der Waals surface area contributed by atoms with Crippen molar-refractivity contribution in [3.05, 3.63) is 94.5 Å². The summed E-state index contributed by atoms with van der Waals surface area (Å²) in [4.78, 5) is 28.8. The van der Waals surface area contributed by atoms with Gasteiger partial charge in [-0.25, -0.2) is 8.42 Å². The minimum absolute atomic E-state index is 0.0511. The highest BCUT2D eigenvalue weighted by Gasteiger charge is 2.34. The summed E-state index contributed by atoms with van der Waals surface area (Å²) in [5.74, 6) is -0.759. The molecule has 0 heterocycles. The van der Waals surface area contributed by atoms with Gasteiger partial charge in [-0.05, 0) is 62.1 Å². The molecule has 3 aromatic rings. The van der Waals surface area contributed by atoms with Crippen LogP contribution in [0.25, 0.3) is 0 Å². The smallest absolute Gasteiger partial charge is 0.264 e. The van der Waals surface area contributed by atoms with Crippen LogP contribution in [0.5, 0.6) is 0 Å². The zero-order valence-electron chi connectivity index (χ0n) is 22.9. The number of hydrogen-bond acceptors (Lipinski definition) is 4. The minimum Gasteiger partial charge on any atom is -0.354 e. The number of sulfonamides is 1. The average Bonchev–Trinajstić information content (AvgIpc) is 2.92. The van der Waals surface area contributed by atoms with E-state index in [1.54, 1.807) is 43.3 Å². The van der Waals surface area contributed by atoms with Crippen molar-refractivity contribution in [1.82, 2.24) is 10.2 Å². The van der Waals surface area contributed by atoms with Gasteiger partial charge in [0.1, 0.15) is 12.6 Å². The molecule has 208 valence electrons. The Bertz CT molecular complexity index is 1400. The molecule has 0 aliphatic heterocycles. The fourth-order valence-corrected chi connectivity index (χ4v) is 6.03. The number of aryl methyl sites for hydroxylation is 2. The maximum Gasteiger partial charge on any atom is 0.264 e. The topological polar surface area (TPSA) is 86.8 Å². The quantitative estimate of drug-likeness (QED) is 0.313. The van der Waals surface area contributed by atoms with Gasteiger partial charge in [0.15, 0.2) is 0 Å². The zero-order chi connectivity index (χ0) is 28.6. The molecule has 2 amide bonds. The van der Waals surface area contributed by atoms with Crippen molar-refractivity contribution in [2.75, 3.05) is 17.4 Å². The van der Waals surface area contributed by atoms with Crippen molar-refractivity contribution < 1.29 is 18.0 Å². The van der Waals surface area contributed by atoms with Gasteiger partial charge in [0.25, 0.3) is 10.0 Å². The highest BCUT2D eigenvalue weighted by Crippen LogP contribution is 2.30. The second-order valence-corrected chi connectivity index (χ2v) is 11.8. The third kappa shape index (κ3) is 7.61. The number of benzene rings is 3. The van der Waals surface area contributed by atoms with Crippen molar-refractivity contribution in [2.45, 2.75) is 58.0 Å². The van der Waals surface area contributed by atoms with E-state index in [1.165, 1.54) is 17.0 Å². The van der Waals surface area contributed by atoms with E-state index >= 15 is 0 Å². The van der Waals surface area contributed by atoms with Crippen molar-refractivity contribution in [2.24, 2.45) is 0 Å². The Balaban J connectivity index is 2.08. The Morgan fingerprint density at radius 3 is 2.31 bits per heavy atom. The summed E-state index contributed by atoms with van der Waals surface area (Å²) in [5, 5.41) is 3.24. The molecular weight excluding hydrogens is 534 g/mol. The maximum atomic E-state index is 14.1. The number of anilines is 1. The first kappa shape index (κ1) is 30.2. The fraction of sp³-hybridized carbons (Fsp3) is 0.333. The lowest BCUT2D eigenvalue weighted by Gasteiger charge is -2.33. The number of carbonyl (C=O) groups is 2. The highest BCUT2D eigenvalue weighted by atomic mass is 35.5. The second kappa shape index (κ2) is 13.6. The molecule has 1 atom stereocenters. The normalized spacial score (nSPS) is 12.0. The van der Waals surface area contributed by atoms with Crippen LogP contribution in [0.2, 0.25) is 5.02 Å². The number of nitrogens with one attached hydrogen (secondary N) is 1. The van der Waals surface area contributed by atoms with Gasteiger partial charge in [-0.2, -0.15) is 0 Å². The van der Waals surface area contributed by atoms with Crippen LogP contribution in [-0.4, -0.2) is 44.3 Å². The van der Waals surface area contributed by atoms with Crippen LogP contribution >= 0.6 is 11.6 Å². The van der Waals surface area contributed by atoms with E-state index in [1.807, 2.05) is 45.0 Å². The third-order valence-corrected chi connectivity index (χ3v) is 8.43. The van der Waals surface area contributed by atoms with Crippen LogP contribution in [0.15, 0.2) is 77.7 Å². The summed E-state index contributed by atoms with van der Waals surface area (Å²) in [7, 11) is -4.14. The Kier molecular flexibility index (Phi) is 10.5. The van der Waals surface area contributed by atoms with E-state index in [0.717, 1.165) is 21.9 Å². The highest BCUT2D eigenvalue weighted by molar-refractivity contribution is 7.92. The van der Waals surface area contributed by atoms with Gasteiger partial charge >= 0.3 is 0 Å². The molecule has 0 saturated carbocycles. The minimum atomic E-state index is -4.14. The van der Waals surface area contributed by atoms with Crippen molar-refractivity contribution in [1.29, 1.82) is 0 Å². The van der Waals surface area contributed by atoms with Crippen LogP contribution in [0, 0.1) is 13.8 Å². The zero-order valence-corrected chi connectivity index (χ0v) is 24.4. The molecule has 0 spiro atoms. The van der Waals surface area contributed by atoms with Crippen LogP contribution < -0.4 is 9.62 Å². The molecule has 3 rings (SSSR count). The first-order chi connectivity index (χ1) is 18.6. The lowest BCUT2D eigenvalue weighted by atomic mass is 10.1. The molecule has 3 aromatic carbocycles. The largest absolute Gasteiger partial charge is 0.354 e. The molecule has 0 aromatic heterocycles. The van der Waals surface area contributed by atoms with E-state index in [0.29, 0.717) is 29.2 Å². The van der Waals surface area contributed by atoms with E-state index in [-0.39, 0.29) is 17.3 Å². The van der Waals surface area contributed by atoms with Gasteiger partial charge < -0.3 is 10.2 Å². The predicted octanol–water partition coefficient (Wildman–Crippen LogP) is 5.49. The van der Waals surface area contributed by atoms with Crippen LogP contribution in [-0.2, 0) is 26.2 Å². The number of hydrogen-bond donors (Lipinski definition) is 1.